The van der Waals surface area contributed by atoms with Crippen molar-refractivity contribution in [3.8, 4) is 5.75 Å². The normalized spacial score (nSPS) is 16.4. The highest BCUT2D eigenvalue weighted by Gasteiger charge is 2.17. The lowest BCUT2D eigenvalue weighted by Gasteiger charge is -2.25. The molecule has 0 heterocycles. The summed E-state index contributed by atoms with van der Waals surface area (Å²) in [6.07, 6.45) is 3.83. The van der Waals surface area contributed by atoms with Gasteiger partial charge in [-0.05, 0) is 37.3 Å². The molecule has 1 nitrogen and oxygen atoms in total. The molecule has 2 rings (SSSR count). The SMILES string of the molecule is Cc1ccc(OCC2CCC2)cc1F. The van der Waals surface area contributed by atoms with Gasteiger partial charge in [0.25, 0.3) is 0 Å². The second-order valence-corrected chi connectivity index (χ2v) is 4.02. The van der Waals surface area contributed by atoms with E-state index in [9.17, 15) is 4.39 Å². The molecule has 1 saturated carbocycles. The van der Waals surface area contributed by atoms with Crippen LogP contribution in [0.2, 0.25) is 0 Å². The highest BCUT2D eigenvalue weighted by molar-refractivity contribution is 5.27. The molecule has 0 saturated heterocycles. The number of benzene rings is 1. The second kappa shape index (κ2) is 3.99. The van der Waals surface area contributed by atoms with E-state index in [1.54, 1.807) is 13.0 Å². The van der Waals surface area contributed by atoms with Crippen LogP contribution in [-0.4, -0.2) is 6.61 Å². The average Bonchev–Trinajstić information content (AvgIpc) is 2.08. The van der Waals surface area contributed by atoms with Crippen LogP contribution < -0.4 is 4.74 Å². The minimum absolute atomic E-state index is 0.184. The molecule has 0 aromatic heterocycles. The molecule has 76 valence electrons. The lowest BCUT2D eigenvalue weighted by molar-refractivity contribution is 0.180. The Bertz CT molecular complexity index is 318. The van der Waals surface area contributed by atoms with Crippen LogP contribution in [0.25, 0.3) is 0 Å². The lowest BCUT2D eigenvalue weighted by Crippen LogP contribution is -2.19. The summed E-state index contributed by atoms with van der Waals surface area (Å²) < 4.78 is 18.6. The Morgan fingerprint density at radius 1 is 1.43 bits per heavy atom. The van der Waals surface area contributed by atoms with Crippen LogP contribution >= 0.6 is 0 Å². The van der Waals surface area contributed by atoms with Gasteiger partial charge in [0.1, 0.15) is 11.6 Å². The van der Waals surface area contributed by atoms with Crippen molar-refractivity contribution in [1.82, 2.24) is 0 Å². The summed E-state index contributed by atoms with van der Waals surface area (Å²) in [6.45, 7) is 2.49. The maximum Gasteiger partial charge on any atom is 0.129 e. The van der Waals surface area contributed by atoms with E-state index in [0.717, 1.165) is 6.61 Å². The van der Waals surface area contributed by atoms with Gasteiger partial charge in [0.2, 0.25) is 0 Å². The fourth-order valence-corrected chi connectivity index (χ4v) is 1.54. The minimum Gasteiger partial charge on any atom is -0.493 e. The van der Waals surface area contributed by atoms with Crippen LogP contribution in [0.4, 0.5) is 4.39 Å². The Hall–Kier alpha value is -1.05. The number of rotatable bonds is 3. The molecule has 1 aliphatic carbocycles. The van der Waals surface area contributed by atoms with Crippen LogP contribution in [-0.2, 0) is 0 Å². The number of halogens is 1. The maximum absolute atomic E-state index is 13.1. The molecule has 1 aromatic rings. The van der Waals surface area contributed by atoms with Gasteiger partial charge in [-0.15, -0.1) is 0 Å². The van der Waals surface area contributed by atoms with Gasteiger partial charge < -0.3 is 4.74 Å². The molecule has 1 aromatic carbocycles. The molecule has 14 heavy (non-hydrogen) atoms. The zero-order valence-corrected chi connectivity index (χ0v) is 8.42. The van der Waals surface area contributed by atoms with E-state index in [2.05, 4.69) is 0 Å². The van der Waals surface area contributed by atoms with Crippen molar-refractivity contribution in [2.24, 2.45) is 5.92 Å². The van der Waals surface area contributed by atoms with Crippen LogP contribution in [0.15, 0.2) is 18.2 Å². The second-order valence-electron chi connectivity index (χ2n) is 4.02. The third kappa shape index (κ3) is 2.06. The van der Waals surface area contributed by atoms with Crippen LogP contribution in [0, 0.1) is 18.7 Å². The molecular weight excluding hydrogens is 179 g/mol. The first kappa shape index (κ1) is 9.50. The first-order chi connectivity index (χ1) is 6.75. The lowest BCUT2D eigenvalue weighted by atomic mass is 9.86. The summed E-state index contributed by atoms with van der Waals surface area (Å²) >= 11 is 0. The van der Waals surface area contributed by atoms with Gasteiger partial charge in [-0.3, -0.25) is 0 Å². The van der Waals surface area contributed by atoms with E-state index in [1.165, 1.54) is 25.3 Å². The standard InChI is InChI=1S/C12H15FO/c1-9-5-6-11(7-12(9)13)14-8-10-3-2-4-10/h5-7,10H,2-4,8H2,1H3. The first-order valence-electron chi connectivity index (χ1n) is 5.14. The molecule has 0 radical (unpaired) electrons. The van der Waals surface area contributed by atoms with Crippen LogP contribution in [0.3, 0.4) is 0 Å². The predicted molar refractivity (Wildman–Crippen MR) is 54.0 cm³/mol. The molecule has 0 unspecified atom stereocenters. The molecule has 0 bridgehead atoms. The summed E-state index contributed by atoms with van der Waals surface area (Å²) in [5.74, 6) is 1.16. The fourth-order valence-electron chi connectivity index (χ4n) is 1.54. The van der Waals surface area contributed by atoms with E-state index in [1.807, 2.05) is 6.07 Å². The van der Waals surface area contributed by atoms with Crippen molar-refractivity contribution in [2.75, 3.05) is 6.61 Å². The summed E-state index contributed by atoms with van der Waals surface area (Å²) in [4.78, 5) is 0. The van der Waals surface area contributed by atoms with Gasteiger partial charge in [-0.25, -0.2) is 4.39 Å². The maximum atomic E-state index is 13.1. The van der Waals surface area contributed by atoms with E-state index in [4.69, 9.17) is 4.74 Å². The summed E-state index contributed by atoms with van der Waals surface area (Å²) in [6, 6.07) is 5.05. The Kier molecular flexibility index (Phi) is 2.71. The summed E-state index contributed by atoms with van der Waals surface area (Å²) in [5, 5.41) is 0. The largest absolute Gasteiger partial charge is 0.493 e. The van der Waals surface area contributed by atoms with Gasteiger partial charge in [-0.2, -0.15) is 0 Å². The molecule has 2 heteroatoms. The third-order valence-electron chi connectivity index (χ3n) is 2.85. The Labute approximate surface area is 83.9 Å². The molecule has 0 spiro atoms. The van der Waals surface area contributed by atoms with Crippen LogP contribution in [0.1, 0.15) is 24.8 Å². The van der Waals surface area contributed by atoms with Gasteiger partial charge in [0.05, 0.1) is 6.61 Å². The summed E-state index contributed by atoms with van der Waals surface area (Å²) in [7, 11) is 0. The van der Waals surface area contributed by atoms with Gasteiger partial charge in [0, 0.05) is 6.07 Å². The van der Waals surface area contributed by atoms with E-state index in [0.29, 0.717) is 17.2 Å². The highest BCUT2D eigenvalue weighted by atomic mass is 19.1. The Morgan fingerprint density at radius 3 is 2.79 bits per heavy atom. The number of hydrogen-bond acceptors (Lipinski definition) is 1. The van der Waals surface area contributed by atoms with Crippen LogP contribution in [0.5, 0.6) is 5.75 Å². The number of aryl methyl sites for hydroxylation is 1. The van der Waals surface area contributed by atoms with Crippen molar-refractivity contribution in [3.05, 3.63) is 29.6 Å². The van der Waals surface area contributed by atoms with Crippen molar-refractivity contribution >= 4 is 0 Å². The highest BCUT2D eigenvalue weighted by Crippen LogP contribution is 2.27. The number of hydrogen-bond donors (Lipinski definition) is 0. The Morgan fingerprint density at radius 2 is 2.21 bits per heavy atom. The molecule has 1 fully saturated rings. The minimum atomic E-state index is -0.184. The van der Waals surface area contributed by atoms with Gasteiger partial charge in [-0.1, -0.05) is 12.5 Å². The average molecular weight is 194 g/mol. The predicted octanol–water partition coefficient (Wildman–Crippen LogP) is 3.31. The summed E-state index contributed by atoms with van der Waals surface area (Å²) in [5.41, 5.74) is 0.668. The molecule has 0 amide bonds. The van der Waals surface area contributed by atoms with Crippen molar-refractivity contribution in [2.45, 2.75) is 26.2 Å². The quantitative estimate of drug-likeness (QED) is 0.717. The molecule has 1 aliphatic rings. The fraction of sp³-hybridized carbons (Fsp3) is 0.500. The molecule has 0 N–H and O–H groups in total. The van der Waals surface area contributed by atoms with Crippen molar-refractivity contribution in [3.63, 3.8) is 0 Å². The topological polar surface area (TPSA) is 9.23 Å². The molecule has 0 aliphatic heterocycles. The van der Waals surface area contributed by atoms with E-state index < -0.39 is 0 Å². The van der Waals surface area contributed by atoms with Crippen molar-refractivity contribution < 1.29 is 9.13 Å². The zero-order chi connectivity index (χ0) is 9.97. The van der Waals surface area contributed by atoms with Gasteiger partial charge >= 0.3 is 0 Å². The smallest absolute Gasteiger partial charge is 0.129 e. The van der Waals surface area contributed by atoms with Gasteiger partial charge in [0.15, 0.2) is 0 Å². The monoisotopic (exact) mass is 194 g/mol. The molecule has 0 atom stereocenters. The van der Waals surface area contributed by atoms with Crippen molar-refractivity contribution in [1.29, 1.82) is 0 Å². The molecular formula is C12H15FO. The number of ether oxygens (including phenoxy) is 1. The Balaban J connectivity index is 1.91. The zero-order valence-electron chi connectivity index (χ0n) is 8.42. The third-order valence-corrected chi connectivity index (χ3v) is 2.85. The first-order valence-corrected chi connectivity index (χ1v) is 5.14. The van der Waals surface area contributed by atoms with E-state index in [-0.39, 0.29) is 5.82 Å². The van der Waals surface area contributed by atoms with E-state index >= 15 is 0 Å².